The van der Waals surface area contributed by atoms with Gasteiger partial charge in [0.1, 0.15) is 0 Å². The number of rotatable bonds is 4. The summed E-state index contributed by atoms with van der Waals surface area (Å²) >= 11 is 0. The van der Waals surface area contributed by atoms with E-state index in [1.54, 1.807) is 0 Å². The molecule has 0 bridgehead atoms. The van der Waals surface area contributed by atoms with Crippen molar-refractivity contribution >= 4 is 0 Å². The Labute approximate surface area is 106 Å². The summed E-state index contributed by atoms with van der Waals surface area (Å²) in [7, 11) is 0. The van der Waals surface area contributed by atoms with Gasteiger partial charge in [-0.1, -0.05) is 43.5 Å². The molecule has 1 nitrogen and oxygen atoms in total. The van der Waals surface area contributed by atoms with Crippen LogP contribution in [-0.2, 0) is 0 Å². The van der Waals surface area contributed by atoms with Crippen molar-refractivity contribution in [1.29, 1.82) is 0 Å². The Morgan fingerprint density at radius 2 is 1.88 bits per heavy atom. The molecule has 1 aliphatic carbocycles. The molecule has 2 rings (SSSR count). The van der Waals surface area contributed by atoms with Gasteiger partial charge in [-0.05, 0) is 50.3 Å². The first-order valence-electron chi connectivity index (χ1n) is 7.06. The van der Waals surface area contributed by atoms with Crippen LogP contribution in [0.15, 0.2) is 24.3 Å². The molecule has 0 aromatic heterocycles. The minimum atomic E-state index is 0.484. The van der Waals surface area contributed by atoms with Crippen LogP contribution in [-0.4, -0.2) is 6.54 Å². The van der Waals surface area contributed by atoms with Gasteiger partial charge in [0.15, 0.2) is 0 Å². The van der Waals surface area contributed by atoms with Gasteiger partial charge in [0.2, 0.25) is 0 Å². The van der Waals surface area contributed by atoms with Crippen molar-refractivity contribution in [2.45, 2.75) is 52.0 Å². The van der Waals surface area contributed by atoms with Crippen molar-refractivity contribution in [2.75, 3.05) is 6.54 Å². The van der Waals surface area contributed by atoms with Gasteiger partial charge in [-0.2, -0.15) is 0 Å². The Morgan fingerprint density at radius 3 is 2.59 bits per heavy atom. The molecule has 1 aliphatic rings. The van der Waals surface area contributed by atoms with Gasteiger partial charge >= 0.3 is 0 Å². The predicted octanol–water partition coefficient (Wildman–Crippen LogP) is 4.23. The third-order valence-electron chi connectivity index (χ3n) is 4.09. The Bertz CT molecular complexity index is 339. The smallest absolute Gasteiger partial charge is 0.0294 e. The van der Waals surface area contributed by atoms with Crippen LogP contribution in [0.25, 0.3) is 0 Å². The molecule has 0 amide bonds. The van der Waals surface area contributed by atoms with E-state index in [0.29, 0.717) is 6.04 Å². The zero-order chi connectivity index (χ0) is 12.1. The lowest BCUT2D eigenvalue weighted by atomic mass is 9.89. The fourth-order valence-electron chi connectivity index (χ4n) is 2.92. The highest BCUT2D eigenvalue weighted by Gasteiger charge is 2.15. The van der Waals surface area contributed by atoms with Crippen molar-refractivity contribution < 1.29 is 0 Å². The van der Waals surface area contributed by atoms with Crippen LogP contribution >= 0.6 is 0 Å². The van der Waals surface area contributed by atoms with Crippen molar-refractivity contribution in [3.05, 3.63) is 35.4 Å². The van der Waals surface area contributed by atoms with E-state index in [-0.39, 0.29) is 0 Å². The molecule has 1 saturated carbocycles. The summed E-state index contributed by atoms with van der Waals surface area (Å²) in [5, 5.41) is 3.71. The number of benzene rings is 1. The SMILES string of the molecule is Cc1ccccc1C(C)NCC1CCCCC1. The van der Waals surface area contributed by atoms with Crippen LogP contribution in [0.4, 0.5) is 0 Å². The minimum absolute atomic E-state index is 0.484. The monoisotopic (exact) mass is 231 g/mol. The highest BCUT2D eigenvalue weighted by molar-refractivity contribution is 5.28. The van der Waals surface area contributed by atoms with E-state index in [4.69, 9.17) is 0 Å². The maximum atomic E-state index is 3.71. The fourth-order valence-corrected chi connectivity index (χ4v) is 2.92. The first-order chi connectivity index (χ1) is 8.27. The van der Waals surface area contributed by atoms with Crippen LogP contribution in [0.1, 0.15) is 56.2 Å². The standard InChI is InChI=1S/C16H25N/c1-13-8-6-7-11-16(13)14(2)17-12-15-9-4-3-5-10-15/h6-8,11,14-15,17H,3-5,9-10,12H2,1-2H3. The Morgan fingerprint density at radius 1 is 1.18 bits per heavy atom. The van der Waals surface area contributed by atoms with Crippen molar-refractivity contribution in [1.82, 2.24) is 5.32 Å². The number of hydrogen-bond acceptors (Lipinski definition) is 1. The van der Waals surface area contributed by atoms with E-state index < -0.39 is 0 Å². The van der Waals surface area contributed by atoms with E-state index >= 15 is 0 Å². The second kappa shape index (κ2) is 6.20. The molecule has 0 radical (unpaired) electrons. The zero-order valence-electron chi connectivity index (χ0n) is 11.2. The zero-order valence-corrected chi connectivity index (χ0v) is 11.2. The summed E-state index contributed by atoms with van der Waals surface area (Å²) in [5.74, 6) is 0.912. The fraction of sp³-hybridized carbons (Fsp3) is 0.625. The van der Waals surface area contributed by atoms with E-state index in [2.05, 4.69) is 43.4 Å². The van der Waals surface area contributed by atoms with Gasteiger partial charge in [-0.15, -0.1) is 0 Å². The van der Waals surface area contributed by atoms with Gasteiger partial charge in [-0.3, -0.25) is 0 Å². The van der Waals surface area contributed by atoms with Crippen LogP contribution < -0.4 is 5.32 Å². The van der Waals surface area contributed by atoms with E-state index in [1.807, 2.05) is 0 Å². The van der Waals surface area contributed by atoms with Gasteiger partial charge in [0.25, 0.3) is 0 Å². The maximum Gasteiger partial charge on any atom is 0.0294 e. The lowest BCUT2D eigenvalue weighted by Crippen LogP contribution is -2.27. The first kappa shape index (κ1) is 12.6. The van der Waals surface area contributed by atoms with E-state index in [9.17, 15) is 0 Å². The molecule has 1 fully saturated rings. The van der Waals surface area contributed by atoms with Gasteiger partial charge in [-0.25, -0.2) is 0 Å². The minimum Gasteiger partial charge on any atom is -0.310 e. The molecular formula is C16H25N. The van der Waals surface area contributed by atoms with E-state index in [0.717, 1.165) is 5.92 Å². The molecule has 0 aliphatic heterocycles. The molecule has 1 N–H and O–H groups in total. The van der Waals surface area contributed by atoms with Crippen LogP contribution in [0, 0.1) is 12.8 Å². The van der Waals surface area contributed by atoms with Crippen molar-refractivity contribution in [2.24, 2.45) is 5.92 Å². The Hall–Kier alpha value is -0.820. The highest BCUT2D eigenvalue weighted by atomic mass is 14.9. The molecular weight excluding hydrogens is 206 g/mol. The molecule has 1 unspecified atom stereocenters. The summed E-state index contributed by atoms with van der Waals surface area (Å²) in [6.45, 7) is 5.68. The third kappa shape index (κ3) is 3.57. The molecule has 0 heterocycles. The van der Waals surface area contributed by atoms with Gasteiger partial charge in [0.05, 0.1) is 0 Å². The average Bonchev–Trinajstić information content (AvgIpc) is 2.38. The summed E-state index contributed by atoms with van der Waals surface area (Å²) in [4.78, 5) is 0. The molecule has 1 heteroatoms. The molecule has 1 aromatic carbocycles. The predicted molar refractivity (Wildman–Crippen MR) is 74.2 cm³/mol. The number of hydrogen-bond donors (Lipinski definition) is 1. The first-order valence-corrected chi connectivity index (χ1v) is 7.06. The Kier molecular flexibility index (Phi) is 4.61. The molecule has 17 heavy (non-hydrogen) atoms. The van der Waals surface area contributed by atoms with Crippen LogP contribution in [0.3, 0.4) is 0 Å². The average molecular weight is 231 g/mol. The molecule has 0 spiro atoms. The lowest BCUT2D eigenvalue weighted by Gasteiger charge is -2.24. The van der Waals surface area contributed by atoms with Gasteiger partial charge in [0, 0.05) is 6.04 Å². The largest absolute Gasteiger partial charge is 0.310 e. The van der Waals surface area contributed by atoms with Gasteiger partial charge < -0.3 is 5.32 Å². The molecule has 1 atom stereocenters. The summed E-state index contributed by atoms with van der Waals surface area (Å²) in [5.41, 5.74) is 2.85. The third-order valence-corrected chi connectivity index (χ3v) is 4.09. The highest BCUT2D eigenvalue weighted by Crippen LogP contribution is 2.24. The number of nitrogens with one attached hydrogen (secondary N) is 1. The summed E-state index contributed by atoms with van der Waals surface area (Å²) in [6.07, 6.45) is 7.17. The maximum absolute atomic E-state index is 3.71. The van der Waals surface area contributed by atoms with Crippen LogP contribution in [0.5, 0.6) is 0 Å². The molecule has 1 aromatic rings. The second-order valence-electron chi connectivity index (χ2n) is 5.49. The number of aryl methyl sites for hydroxylation is 1. The summed E-state index contributed by atoms with van der Waals surface area (Å²) in [6, 6.07) is 9.19. The second-order valence-corrected chi connectivity index (χ2v) is 5.49. The molecule has 0 saturated heterocycles. The van der Waals surface area contributed by atoms with Crippen molar-refractivity contribution in [3.63, 3.8) is 0 Å². The van der Waals surface area contributed by atoms with Crippen molar-refractivity contribution in [3.8, 4) is 0 Å². The van der Waals surface area contributed by atoms with E-state index in [1.165, 1.54) is 49.8 Å². The van der Waals surface area contributed by atoms with Crippen LogP contribution in [0.2, 0.25) is 0 Å². The lowest BCUT2D eigenvalue weighted by molar-refractivity contribution is 0.331. The summed E-state index contributed by atoms with van der Waals surface area (Å²) < 4.78 is 0. The quantitative estimate of drug-likeness (QED) is 0.818. The topological polar surface area (TPSA) is 12.0 Å². The Balaban J connectivity index is 1.84. The normalized spacial score (nSPS) is 19.2. The molecule has 94 valence electrons.